The van der Waals surface area contributed by atoms with E-state index in [1.54, 1.807) is 21.7 Å². The second-order valence-corrected chi connectivity index (χ2v) is 8.98. The minimum atomic E-state index is -0.562. The van der Waals surface area contributed by atoms with Gasteiger partial charge in [-0.15, -0.1) is 22.7 Å². The molecule has 5 nitrogen and oxygen atoms in total. The van der Waals surface area contributed by atoms with Crippen molar-refractivity contribution in [2.45, 2.75) is 32.4 Å². The fraction of sp³-hybridized carbons (Fsp3) is 0.250. The highest BCUT2D eigenvalue weighted by atomic mass is 32.1. The molecule has 2 heterocycles. The number of carbonyl (C=O) groups is 2. The summed E-state index contributed by atoms with van der Waals surface area (Å²) in [5.41, 5.74) is 2.04. The Kier molecular flexibility index (Phi) is 5.23. The van der Waals surface area contributed by atoms with Gasteiger partial charge in [0.25, 0.3) is 11.8 Å². The number of nitrogens with zero attached hydrogens (tertiary/aromatic N) is 2. The van der Waals surface area contributed by atoms with Gasteiger partial charge in [0.05, 0.1) is 18.3 Å². The number of nitrogens with one attached hydrogen (secondary N) is 1. The number of benzene rings is 1. The van der Waals surface area contributed by atoms with Crippen molar-refractivity contribution in [1.29, 1.82) is 0 Å². The molecule has 0 bridgehead atoms. The Morgan fingerprint density at radius 1 is 1.29 bits per heavy atom. The summed E-state index contributed by atoms with van der Waals surface area (Å²) in [6.45, 7) is 2.54. The number of hydrogen-bond donors (Lipinski definition) is 1. The van der Waals surface area contributed by atoms with Crippen LogP contribution in [0.4, 0.5) is 10.1 Å². The molecule has 0 aliphatic heterocycles. The Morgan fingerprint density at radius 3 is 2.75 bits per heavy atom. The summed E-state index contributed by atoms with van der Waals surface area (Å²) >= 11 is 2.85. The standard InChI is InChI=1S/C20H18FN3O2S2/c1-12-2-5-17(28-12)10-24(16-3-4-16)20(26)13-6-14(21)8-15(7-13)23-19(25)18-9-22-11-27-18/h2,5-9,11,16H,3-4,10H2,1H3,(H,23,25). The molecule has 4 rings (SSSR count). The normalized spacial score (nSPS) is 13.4. The van der Waals surface area contributed by atoms with Gasteiger partial charge in [0.1, 0.15) is 10.7 Å². The van der Waals surface area contributed by atoms with Crippen LogP contribution < -0.4 is 5.32 Å². The van der Waals surface area contributed by atoms with Crippen LogP contribution in [0.15, 0.2) is 42.0 Å². The monoisotopic (exact) mass is 415 g/mol. The number of thiophene rings is 1. The minimum Gasteiger partial charge on any atom is -0.331 e. The van der Waals surface area contributed by atoms with Crippen LogP contribution in [0.2, 0.25) is 0 Å². The average molecular weight is 416 g/mol. The quantitative estimate of drug-likeness (QED) is 0.634. The summed E-state index contributed by atoms with van der Waals surface area (Å²) in [7, 11) is 0. The molecule has 0 spiro atoms. The van der Waals surface area contributed by atoms with Gasteiger partial charge in [-0.25, -0.2) is 4.39 Å². The second kappa shape index (κ2) is 7.81. The Bertz CT molecular complexity index is 1010. The number of thiazole rings is 1. The topological polar surface area (TPSA) is 62.3 Å². The van der Waals surface area contributed by atoms with Crippen LogP contribution in [0.3, 0.4) is 0 Å². The van der Waals surface area contributed by atoms with Gasteiger partial charge in [-0.2, -0.15) is 0 Å². The number of rotatable bonds is 6. The Hall–Kier alpha value is -2.58. The molecule has 28 heavy (non-hydrogen) atoms. The average Bonchev–Trinajstić information content (AvgIpc) is 3.17. The lowest BCUT2D eigenvalue weighted by molar-refractivity contribution is 0.0731. The largest absolute Gasteiger partial charge is 0.331 e. The van der Waals surface area contributed by atoms with Crippen LogP contribution in [0.5, 0.6) is 0 Å². The molecule has 1 fully saturated rings. The van der Waals surface area contributed by atoms with Gasteiger partial charge < -0.3 is 10.2 Å². The smallest absolute Gasteiger partial charge is 0.267 e. The molecule has 0 radical (unpaired) electrons. The molecule has 0 unspecified atom stereocenters. The number of carbonyl (C=O) groups excluding carboxylic acids is 2. The summed E-state index contributed by atoms with van der Waals surface area (Å²) in [6.07, 6.45) is 3.37. The van der Waals surface area contributed by atoms with Crippen LogP contribution in [0, 0.1) is 12.7 Å². The van der Waals surface area contributed by atoms with E-state index in [1.807, 2.05) is 19.1 Å². The molecule has 1 aliphatic carbocycles. The van der Waals surface area contributed by atoms with Crippen LogP contribution in [0.1, 0.15) is 42.6 Å². The molecule has 2 amide bonds. The molecule has 0 atom stereocenters. The molecular formula is C20H18FN3O2S2. The van der Waals surface area contributed by atoms with Crippen molar-refractivity contribution in [3.8, 4) is 0 Å². The summed E-state index contributed by atoms with van der Waals surface area (Å²) in [6, 6.07) is 8.20. The molecule has 2 aromatic heterocycles. The van der Waals surface area contributed by atoms with E-state index in [2.05, 4.69) is 10.3 Å². The third kappa shape index (κ3) is 4.28. The van der Waals surface area contributed by atoms with E-state index in [4.69, 9.17) is 0 Å². The van der Waals surface area contributed by atoms with E-state index < -0.39 is 5.82 Å². The summed E-state index contributed by atoms with van der Waals surface area (Å²) in [4.78, 5) is 33.7. The van der Waals surface area contributed by atoms with Crippen molar-refractivity contribution in [2.24, 2.45) is 0 Å². The molecule has 3 aromatic rings. The highest BCUT2D eigenvalue weighted by Crippen LogP contribution is 2.31. The van der Waals surface area contributed by atoms with Crippen molar-refractivity contribution in [1.82, 2.24) is 9.88 Å². The number of aryl methyl sites for hydroxylation is 1. The third-order valence-electron chi connectivity index (χ3n) is 4.43. The van der Waals surface area contributed by atoms with Gasteiger partial charge >= 0.3 is 0 Å². The number of amides is 2. The van der Waals surface area contributed by atoms with Crippen molar-refractivity contribution in [2.75, 3.05) is 5.32 Å². The fourth-order valence-corrected chi connectivity index (χ4v) is 4.37. The summed E-state index contributed by atoms with van der Waals surface area (Å²) in [5, 5.41) is 2.64. The number of halogens is 1. The third-order valence-corrected chi connectivity index (χ3v) is 6.19. The first-order valence-electron chi connectivity index (χ1n) is 8.86. The van der Waals surface area contributed by atoms with E-state index in [9.17, 15) is 14.0 Å². The van der Waals surface area contributed by atoms with Gasteiger partial charge in [0, 0.05) is 27.0 Å². The van der Waals surface area contributed by atoms with E-state index in [1.165, 1.54) is 40.6 Å². The first-order valence-corrected chi connectivity index (χ1v) is 10.6. The van der Waals surface area contributed by atoms with Crippen LogP contribution >= 0.6 is 22.7 Å². The molecular weight excluding hydrogens is 397 g/mol. The lowest BCUT2D eigenvalue weighted by Crippen LogP contribution is -2.32. The zero-order chi connectivity index (χ0) is 19.7. The maximum atomic E-state index is 14.2. The maximum absolute atomic E-state index is 14.2. The van der Waals surface area contributed by atoms with Crippen molar-refractivity contribution in [3.63, 3.8) is 0 Å². The predicted octanol–water partition coefficient (Wildman–Crippen LogP) is 4.71. The van der Waals surface area contributed by atoms with Crippen molar-refractivity contribution >= 4 is 40.2 Å². The van der Waals surface area contributed by atoms with E-state index in [0.29, 0.717) is 11.4 Å². The van der Waals surface area contributed by atoms with Crippen molar-refractivity contribution < 1.29 is 14.0 Å². The number of hydrogen-bond acceptors (Lipinski definition) is 5. The molecule has 0 saturated heterocycles. The number of anilines is 1. The molecule has 144 valence electrons. The van der Waals surface area contributed by atoms with E-state index in [0.717, 1.165) is 17.7 Å². The lowest BCUT2D eigenvalue weighted by atomic mass is 10.1. The zero-order valence-electron chi connectivity index (χ0n) is 15.1. The van der Waals surface area contributed by atoms with Gasteiger partial charge in [0.15, 0.2) is 0 Å². The first kappa shape index (κ1) is 18.8. The van der Waals surface area contributed by atoms with Gasteiger partial charge in [-0.1, -0.05) is 0 Å². The molecule has 1 aromatic carbocycles. The molecule has 1 saturated carbocycles. The van der Waals surface area contributed by atoms with Crippen LogP contribution in [-0.4, -0.2) is 27.7 Å². The zero-order valence-corrected chi connectivity index (χ0v) is 16.8. The van der Waals surface area contributed by atoms with Crippen LogP contribution in [0.25, 0.3) is 0 Å². The Balaban J connectivity index is 1.55. The molecule has 1 N–H and O–H groups in total. The van der Waals surface area contributed by atoms with Crippen molar-refractivity contribution in [3.05, 3.63) is 68.1 Å². The minimum absolute atomic E-state index is 0.188. The first-order chi connectivity index (χ1) is 13.5. The van der Waals surface area contributed by atoms with Gasteiger partial charge in [-0.3, -0.25) is 14.6 Å². The summed E-state index contributed by atoms with van der Waals surface area (Å²) in [5.74, 6) is -1.16. The van der Waals surface area contributed by atoms with E-state index >= 15 is 0 Å². The summed E-state index contributed by atoms with van der Waals surface area (Å²) < 4.78 is 14.2. The molecule has 1 aliphatic rings. The van der Waals surface area contributed by atoms with Gasteiger partial charge in [0.2, 0.25) is 0 Å². The van der Waals surface area contributed by atoms with Crippen LogP contribution in [-0.2, 0) is 6.54 Å². The Morgan fingerprint density at radius 2 is 2.11 bits per heavy atom. The SMILES string of the molecule is Cc1ccc(CN(C(=O)c2cc(F)cc(NC(=O)c3cncs3)c2)C2CC2)s1. The highest BCUT2D eigenvalue weighted by molar-refractivity contribution is 7.12. The maximum Gasteiger partial charge on any atom is 0.267 e. The Labute approximate surface area is 169 Å². The second-order valence-electron chi connectivity index (χ2n) is 6.72. The van der Waals surface area contributed by atoms with E-state index in [-0.39, 0.29) is 29.1 Å². The number of aromatic nitrogens is 1. The fourth-order valence-electron chi connectivity index (χ4n) is 2.96. The lowest BCUT2D eigenvalue weighted by Gasteiger charge is -2.22. The highest BCUT2D eigenvalue weighted by Gasteiger charge is 2.33. The molecule has 8 heteroatoms. The van der Waals surface area contributed by atoms with Gasteiger partial charge in [-0.05, 0) is 50.1 Å². The predicted molar refractivity (Wildman–Crippen MR) is 108 cm³/mol.